The van der Waals surface area contributed by atoms with E-state index >= 15 is 0 Å². The molecular formula is C15H19NO3. The Bertz CT molecular complexity index is 516. The molecule has 1 atom stereocenters. The number of amides is 1. The summed E-state index contributed by atoms with van der Waals surface area (Å²) in [5.74, 6) is -0.433. The van der Waals surface area contributed by atoms with Gasteiger partial charge in [0, 0.05) is 5.69 Å². The number of rotatable bonds is 2. The third-order valence-corrected chi connectivity index (χ3v) is 3.00. The maximum Gasteiger partial charge on any atom is 0.329 e. The molecular weight excluding hydrogens is 242 g/mol. The molecule has 0 N–H and O–H groups in total. The van der Waals surface area contributed by atoms with E-state index in [4.69, 9.17) is 4.74 Å². The molecule has 4 heteroatoms. The Hall–Kier alpha value is -1.84. The number of nitrogens with zero attached hydrogens (tertiary/aromatic N) is 1. The molecule has 1 amide bonds. The van der Waals surface area contributed by atoms with Gasteiger partial charge in [-0.25, -0.2) is 4.79 Å². The first kappa shape index (κ1) is 13.6. The lowest BCUT2D eigenvalue weighted by Crippen LogP contribution is -2.44. The van der Waals surface area contributed by atoms with Crippen molar-refractivity contribution in [2.24, 2.45) is 0 Å². The number of benzene rings is 1. The second-order valence-corrected chi connectivity index (χ2v) is 5.78. The average Bonchev–Trinajstić information content (AvgIpc) is 2.61. The molecule has 102 valence electrons. The summed E-state index contributed by atoms with van der Waals surface area (Å²) in [7, 11) is 0. The normalized spacial score (nSPS) is 16.2. The molecule has 0 radical (unpaired) electrons. The minimum atomic E-state index is -0.602. The summed E-state index contributed by atoms with van der Waals surface area (Å²) < 4.78 is 5.34. The van der Waals surface area contributed by atoms with E-state index in [0.717, 1.165) is 11.3 Å². The average molecular weight is 261 g/mol. The molecule has 0 unspecified atom stereocenters. The Labute approximate surface area is 113 Å². The van der Waals surface area contributed by atoms with Gasteiger partial charge in [0.1, 0.15) is 11.6 Å². The molecule has 0 aliphatic carbocycles. The number of hydrogen-bond donors (Lipinski definition) is 0. The molecule has 0 fully saturated rings. The minimum Gasteiger partial charge on any atom is -0.458 e. The molecule has 0 saturated heterocycles. The van der Waals surface area contributed by atoms with Crippen molar-refractivity contribution in [2.75, 3.05) is 4.90 Å². The predicted molar refractivity (Wildman–Crippen MR) is 72.9 cm³/mol. The van der Waals surface area contributed by atoms with E-state index in [0.29, 0.717) is 6.42 Å². The van der Waals surface area contributed by atoms with Crippen molar-refractivity contribution >= 4 is 17.6 Å². The van der Waals surface area contributed by atoms with Gasteiger partial charge in [-0.05, 0) is 39.3 Å². The molecule has 0 saturated carbocycles. The molecule has 4 nitrogen and oxygen atoms in total. The molecule has 1 aromatic carbocycles. The van der Waals surface area contributed by atoms with E-state index < -0.39 is 11.6 Å². The highest BCUT2D eigenvalue weighted by molar-refractivity contribution is 6.05. The van der Waals surface area contributed by atoms with Gasteiger partial charge in [0.2, 0.25) is 5.91 Å². The van der Waals surface area contributed by atoms with Gasteiger partial charge in [-0.2, -0.15) is 0 Å². The molecule has 1 aliphatic rings. The second kappa shape index (κ2) is 4.68. The summed E-state index contributed by atoms with van der Waals surface area (Å²) in [6, 6.07) is 6.94. The molecule has 2 rings (SSSR count). The van der Waals surface area contributed by atoms with Gasteiger partial charge in [0.25, 0.3) is 0 Å². The summed E-state index contributed by atoms with van der Waals surface area (Å²) in [4.78, 5) is 25.7. The van der Waals surface area contributed by atoms with Crippen LogP contribution in [-0.4, -0.2) is 23.5 Å². The fourth-order valence-electron chi connectivity index (χ4n) is 2.19. The topological polar surface area (TPSA) is 46.6 Å². The fourth-order valence-corrected chi connectivity index (χ4v) is 2.19. The van der Waals surface area contributed by atoms with Crippen LogP contribution < -0.4 is 4.90 Å². The summed E-state index contributed by atoms with van der Waals surface area (Å²) >= 11 is 0. The number of esters is 1. The number of fused-ring (bicyclic) bond motifs is 1. The predicted octanol–water partition coefficient (Wildman–Crippen LogP) is 2.31. The van der Waals surface area contributed by atoms with Crippen LogP contribution in [0.2, 0.25) is 0 Å². The lowest BCUT2D eigenvalue weighted by atomic mass is 10.1. The summed E-state index contributed by atoms with van der Waals surface area (Å²) in [5.41, 5.74) is 1.22. The van der Waals surface area contributed by atoms with Crippen LogP contribution >= 0.6 is 0 Å². The molecule has 0 spiro atoms. The van der Waals surface area contributed by atoms with Gasteiger partial charge in [0.05, 0.1) is 6.42 Å². The summed E-state index contributed by atoms with van der Waals surface area (Å²) in [6.45, 7) is 7.15. The molecule has 19 heavy (non-hydrogen) atoms. The van der Waals surface area contributed by atoms with E-state index in [1.54, 1.807) is 6.92 Å². The first-order valence-electron chi connectivity index (χ1n) is 6.42. The van der Waals surface area contributed by atoms with E-state index in [2.05, 4.69) is 0 Å². The van der Waals surface area contributed by atoms with Crippen molar-refractivity contribution in [3.8, 4) is 0 Å². The van der Waals surface area contributed by atoms with Crippen LogP contribution in [0.3, 0.4) is 0 Å². The maximum absolute atomic E-state index is 12.1. The van der Waals surface area contributed by atoms with Crippen molar-refractivity contribution < 1.29 is 14.3 Å². The zero-order chi connectivity index (χ0) is 14.2. The zero-order valence-corrected chi connectivity index (χ0v) is 11.8. The minimum absolute atomic E-state index is 0.0560. The number of carbonyl (C=O) groups excluding carboxylic acids is 2. The van der Waals surface area contributed by atoms with Crippen LogP contribution in [0.5, 0.6) is 0 Å². The van der Waals surface area contributed by atoms with E-state index in [1.807, 2.05) is 45.0 Å². The Morgan fingerprint density at radius 3 is 2.58 bits per heavy atom. The van der Waals surface area contributed by atoms with Crippen LogP contribution in [0.4, 0.5) is 5.69 Å². The summed E-state index contributed by atoms with van der Waals surface area (Å²) in [5, 5.41) is 0. The van der Waals surface area contributed by atoms with E-state index in [9.17, 15) is 9.59 Å². The number of hydrogen-bond acceptors (Lipinski definition) is 3. The SMILES string of the molecule is C[C@H](C(=O)OC(C)(C)C)N1C(=O)Cc2ccccc21. The van der Waals surface area contributed by atoms with Crippen molar-refractivity contribution in [2.45, 2.75) is 45.8 Å². The van der Waals surface area contributed by atoms with Gasteiger partial charge in [-0.1, -0.05) is 18.2 Å². The smallest absolute Gasteiger partial charge is 0.329 e. The number of carbonyl (C=O) groups is 2. The van der Waals surface area contributed by atoms with Gasteiger partial charge in [-0.3, -0.25) is 9.69 Å². The highest BCUT2D eigenvalue weighted by Crippen LogP contribution is 2.30. The van der Waals surface area contributed by atoms with Crippen molar-refractivity contribution in [3.63, 3.8) is 0 Å². The fraction of sp³-hybridized carbons (Fsp3) is 0.467. The molecule has 0 aromatic heterocycles. The third-order valence-electron chi connectivity index (χ3n) is 3.00. The van der Waals surface area contributed by atoms with Crippen LogP contribution in [0, 0.1) is 0 Å². The second-order valence-electron chi connectivity index (χ2n) is 5.78. The molecule has 0 bridgehead atoms. The van der Waals surface area contributed by atoms with Gasteiger partial charge < -0.3 is 4.74 Å². The largest absolute Gasteiger partial charge is 0.458 e. The van der Waals surface area contributed by atoms with Gasteiger partial charge in [0.15, 0.2) is 0 Å². The molecule has 1 aliphatic heterocycles. The number of anilines is 1. The lowest BCUT2D eigenvalue weighted by Gasteiger charge is -2.27. The van der Waals surface area contributed by atoms with E-state index in [-0.39, 0.29) is 11.9 Å². The number of ether oxygens (including phenoxy) is 1. The highest BCUT2D eigenvalue weighted by Gasteiger charge is 2.35. The van der Waals surface area contributed by atoms with Crippen LogP contribution in [-0.2, 0) is 20.7 Å². The summed E-state index contributed by atoms with van der Waals surface area (Å²) in [6.07, 6.45) is 0.351. The van der Waals surface area contributed by atoms with E-state index in [1.165, 1.54) is 4.90 Å². The number of para-hydroxylation sites is 1. The monoisotopic (exact) mass is 261 g/mol. The first-order valence-corrected chi connectivity index (χ1v) is 6.42. The van der Waals surface area contributed by atoms with Crippen LogP contribution in [0.25, 0.3) is 0 Å². The van der Waals surface area contributed by atoms with Crippen LogP contribution in [0.1, 0.15) is 33.3 Å². The Kier molecular flexibility index (Phi) is 3.35. The standard InChI is InChI=1S/C15H19NO3/c1-10(14(18)19-15(2,3)4)16-12-8-6-5-7-11(12)9-13(16)17/h5-8,10H,9H2,1-4H3/t10-/m1/s1. The Morgan fingerprint density at radius 1 is 1.32 bits per heavy atom. The van der Waals surface area contributed by atoms with Crippen molar-refractivity contribution in [3.05, 3.63) is 29.8 Å². The lowest BCUT2D eigenvalue weighted by molar-refractivity contribution is -0.156. The maximum atomic E-state index is 12.1. The van der Waals surface area contributed by atoms with Gasteiger partial charge >= 0.3 is 5.97 Å². The first-order chi connectivity index (χ1) is 8.79. The Morgan fingerprint density at radius 2 is 1.95 bits per heavy atom. The zero-order valence-electron chi connectivity index (χ0n) is 11.8. The van der Waals surface area contributed by atoms with Crippen LogP contribution in [0.15, 0.2) is 24.3 Å². The van der Waals surface area contributed by atoms with Crippen molar-refractivity contribution in [1.29, 1.82) is 0 Å². The molecule has 1 heterocycles. The molecule has 1 aromatic rings. The van der Waals surface area contributed by atoms with Gasteiger partial charge in [-0.15, -0.1) is 0 Å². The Balaban J connectivity index is 2.22. The quantitative estimate of drug-likeness (QED) is 0.767. The highest BCUT2D eigenvalue weighted by atomic mass is 16.6. The third kappa shape index (κ3) is 2.78. The van der Waals surface area contributed by atoms with Crippen molar-refractivity contribution in [1.82, 2.24) is 0 Å².